The monoisotopic (exact) mass is 382 g/mol. The number of imidazole rings is 1. The number of alkyl halides is 1. The first-order valence-corrected chi connectivity index (χ1v) is 8.29. The summed E-state index contributed by atoms with van der Waals surface area (Å²) in [4.78, 5) is 4.62. The molecule has 1 aromatic heterocycles. The second-order valence-electron chi connectivity index (χ2n) is 4.86. The molecule has 0 bridgehead atoms. The molecular weight excluding hydrogens is 371 g/mol. The lowest BCUT2D eigenvalue weighted by molar-refractivity contribution is 0.634. The topological polar surface area (TPSA) is 17.8 Å². The minimum absolute atomic E-state index is 0.0618. The van der Waals surface area contributed by atoms with Crippen molar-refractivity contribution in [1.82, 2.24) is 9.55 Å². The van der Waals surface area contributed by atoms with Gasteiger partial charge >= 0.3 is 0 Å². The molecule has 2 nitrogen and oxygen atoms in total. The Morgan fingerprint density at radius 2 is 2.00 bits per heavy atom. The highest BCUT2D eigenvalue weighted by molar-refractivity contribution is 9.10. The van der Waals surface area contributed by atoms with Crippen molar-refractivity contribution in [2.24, 2.45) is 0 Å². The zero-order valence-corrected chi connectivity index (χ0v) is 14.5. The zero-order chi connectivity index (χ0) is 15.0. The van der Waals surface area contributed by atoms with Crippen LogP contribution < -0.4 is 0 Å². The van der Waals surface area contributed by atoms with Gasteiger partial charge in [-0.2, -0.15) is 0 Å². The third-order valence-corrected chi connectivity index (χ3v) is 4.66. The van der Waals surface area contributed by atoms with Gasteiger partial charge in [-0.1, -0.05) is 45.7 Å². The Morgan fingerprint density at radius 1 is 1.24 bits per heavy atom. The van der Waals surface area contributed by atoms with Crippen molar-refractivity contribution < 1.29 is 0 Å². The fourth-order valence-corrected chi connectivity index (χ4v) is 3.43. The van der Waals surface area contributed by atoms with Crippen molar-refractivity contribution in [3.63, 3.8) is 0 Å². The second-order valence-corrected chi connectivity index (χ2v) is 6.45. The van der Waals surface area contributed by atoms with Gasteiger partial charge in [0.1, 0.15) is 5.82 Å². The van der Waals surface area contributed by atoms with Gasteiger partial charge in [-0.05, 0) is 36.8 Å². The van der Waals surface area contributed by atoms with Crippen LogP contribution >= 0.6 is 39.1 Å². The van der Waals surface area contributed by atoms with Crippen LogP contribution in [0.25, 0.3) is 11.0 Å². The Hall–Kier alpha value is -1.03. The number of benzene rings is 2. The molecule has 2 aromatic carbocycles. The van der Waals surface area contributed by atoms with Gasteiger partial charge in [0.15, 0.2) is 0 Å². The van der Waals surface area contributed by atoms with Crippen molar-refractivity contribution in [3.8, 4) is 0 Å². The number of hydrogen-bond donors (Lipinski definition) is 0. The number of halogens is 3. The largest absolute Gasteiger partial charge is 0.320 e. The minimum atomic E-state index is 0.0618. The third kappa shape index (κ3) is 2.70. The highest BCUT2D eigenvalue weighted by atomic mass is 79.9. The Labute approximate surface area is 141 Å². The van der Waals surface area contributed by atoms with E-state index in [9.17, 15) is 0 Å². The summed E-state index contributed by atoms with van der Waals surface area (Å²) in [7, 11) is 0. The number of aromatic nitrogens is 2. The predicted octanol–water partition coefficient (Wildman–Crippen LogP) is 5.80. The molecule has 21 heavy (non-hydrogen) atoms. The molecule has 3 aromatic rings. The maximum atomic E-state index is 6.34. The molecule has 0 N–H and O–H groups in total. The first-order chi connectivity index (χ1) is 10.1. The maximum Gasteiger partial charge on any atom is 0.125 e. The van der Waals surface area contributed by atoms with E-state index < -0.39 is 0 Å². The quantitative estimate of drug-likeness (QED) is 0.522. The molecule has 0 amide bonds. The van der Waals surface area contributed by atoms with E-state index in [-0.39, 0.29) is 6.04 Å². The summed E-state index contributed by atoms with van der Waals surface area (Å²) < 4.78 is 3.16. The molecule has 0 saturated carbocycles. The molecular formula is C16H13BrCl2N2. The van der Waals surface area contributed by atoms with Gasteiger partial charge in [-0.3, -0.25) is 0 Å². The second kappa shape index (κ2) is 5.99. The van der Waals surface area contributed by atoms with E-state index in [1.807, 2.05) is 36.4 Å². The molecule has 3 rings (SSSR count). The normalized spacial score (nSPS) is 12.8. The van der Waals surface area contributed by atoms with Gasteiger partial charge in [-0.15, -0.1) is 11.6 Å². The molecule has 1 heterocycles. The molecule has 0 saturated heterocycles. The van der Waals surface area contributed by atoms with Crippen LogP contribution in [0.15, 0.2) is 46.9 Å². The molecule has 1 atom stereocenters. The smallest absolute Gasteiger partial charge is 0.125 e. The van der Waals surface area contributed by atoms with E-state index in [4.69, 9.17) is 23.2 Å². The molecule has 0 aliphatic carbocycles. The molecule has 5 heteroatoms. The number of hydrogen-bond acceptors (Lipinski definition) is 1. The summed E-state index contributed by atoms with van der Waals surface area (Å²) >= 11 is 15.9. The fourth-order valence-electron chi connectivity index (χ4n) is 2.60. The maximum absolute atomic E-state index is 6.34. The highest BCUT2D eigenvalue weighted by Crippen LogP contribution is 2.31. The lowest BCUT2D eigenvalue weighted by atomic mass is 10.1. The number of nitrogens with zero attached hydrogens (tertiary/aromatic N) is 2. The lowest BCUT2D eigenvalue weighted by Crippen LogP contribution is -2.10. The molecule has 1 unspecified atom stereocenters. The van der Waals surface area contributed by atoms with Crippen molar-refractivity contribution in [2.45, 2.75) is 18.8 Å². The molecule has 0 aliphatic heterocycles. The number of rotatable bonds is 3. The average Bonchev–Trinajstić information content (AvgIpc) is 2.84. The van der Waals surface area contributed by atoms with Crippen molar-refractivity contribution in [1.29, 1.82) is 0 Å². The van der Waals surface area contributed by atoms with Gasteiger partial charge < -0.3 is 4.57 Å². The Kier molecular flexibility index (Phi) is 4.25. The van der Waals surface area contributed by atoms with Crippen LogP contribution in [0.2, 0.25) is 5.02 Å². The van der Waals surface area contributed by atoms with Gasteiger partial charge in [0.25, 0.3) is 0 Å². The van der Waals surface area contributed by atoms with Gasteiger partial charge in [-0.25, -0.2) is 4.98 Å². The summed E-state index contributed by atoms with van der Waals surface area (Å²) in [6.07, 6.45) is 0. The van der Waals surface area contributed by atoms with Crippen molar-refractivity contribution in [3.05, 3.63) is 63.3 Å². The molecule has 0 spiro atoms. The molecule has 0 fully saturated rings. The molecule has 108 valence electrons. The average molecular weight is 384 g/mol. The standard InChI is InChI=1S/C16H13BrCl2N2/c1-10(12-4-2-3-5-13(12)19)21-15-8-11(17)6-7-14(15)20-16(21)9-18/h2-8,10H,9H2,1H3. The summed E-state index contributed by atoms with van der Waals surface area (Å²) in [5.74, 6) is 1.21. The van der Waals surface area contributed by atoms with E-state index in [1.165, 1.54) is 0 Å². The van der Waals surface area contributed by atoms with E-state index in [0.29, 0.717) is 5.88 Å². The Morgan fingerprint density at radius 3 is 2.71 bits per heavy atom. The summed E-state index contributed by atoms with van der Waals surface area (Å²) in [5.41, 5.74) is 3.05. The van der Waals surface area contributed by atoms with Gasteiger partial charge in [0.05, 0.1) is 23.0 Å². The third-order valence-electron chi connectivity index (χ3n) is 3.59. The van der Waals surface area contributed by atoms with Gasteiger partial charge in [0, 0.05) is 9.50 Å². The van der Waals surface area contributed by atoms with E-state index in [1.54, 1.807) is 0 Å². The summed E-state index contributed by atoms with van der Waals surface area (Å²) in [5, 5.41) is 0.752. The van der Waals surface area contributed by atoms with E-state index in [0.717, 1.165) is 31.9 Å². The van der Waals surface area contributed by atoms with Crippen LogP contribution in [0.4, 0.5) is 0 Å². The van der Waals surface area contributed by atoms with Gasteiger partial charge in [0.2, 0.25) is 0 Å². The fraction of sp³-hybridized carbons (Fsp3) is 0.188. The summed E-state index contributed by atoms with van der Waals surface area (Å²) in [6, 6.07) is 14.0. The van der Waals surface area contributed by atoms with Crippen molar-refractivity contribution >= 4 is 50.2 Å². The SMILES string of the molecule is CC(c1ccccc1Cl)n1c(CCl)nc2ccc(Br)cc21. The summed E-state index contributed by atoms with van der Waals surface area (Å²) in [6.45, 7) is 2.11. The highest BCUT2D eigenvalue weighted by Gasteiger charge is 2.18. The first-order valence-electron chi connectivity index (χ1n) is 6.58. The van der Waals surface area contributed by atoms with Crippen LogP contribution in [0.5, 0.6) is 0 Å². The zero-order valence-electron chi connectivity index (χ0n) is 11.4. The number of fused-ring (bicyclic) bond motifs is 1. The van der Waals surface area contributed by atoms with Crippen LogP contribution in [-0.4, -0.2) is 9.55 Å². The lowest BCUT2D eigenvalue weighted by Gasteiger charge is -2.18. The predicted molar refractivity (Wildman–Crippen MR) is 92.3 cm³/mol. The van der Waals surface area contributed by atoms with Crippen LogP contribution in [0.1, 0.15) is 24.4 Å². The Balaban J connectivity index is 2.23. The minimum Gasteiger partial charge on any atom is -0.320 e. The van der Waals surface area contributed by atoms with E-state index >= 15 is 0 Å². The van der Waals surface area contributed by atoms with Crippen LogP contribution in [0.3, 0.4) is 0 Å². The molecule has 0 aliphatic rings. The van der Waals surface area contributed by atoms with Crippen LogP contribution in [-0.2, 0) is 5.88 Å². The van der Waals surface area contributed by atoms with E-state index in [2.05, 4.69) is 38.5 Å². The van der Waals surface area contributed by atoms with Crippen molar-refractivity contribution in [2.75, 3.05) is 0 Å². The Bertz CT molecular complexity index is 798. The first kappa shape index (κ1) is 14.9. The molecule has 0 radical (unpaired) electrons. The van der Waals surface area contributed by atoms with Crippen LogP contribution in [0, 0.1) is 0 Å².